The maximum absolute atomic E-state index is 13.2. The summed E-state index contributed by atoms with van der Waals surface area (Å²) in [7, 11) is 3.24. The van der Waals surface area contributed by atoms with E-state index in [-0.39, 0.29) is 17.8 Å². The van der Waals surface area contributed by atoms with Gasteiger partial charge < -0.3 is 11.1 Å². The van der Waals surface area contributed by atoms with E-state index < -0.39 is 0 Å². The Kier molecular flexibility index (Phi) is 6.97. The van der Waals surface area contributed by atoms with Crippen LogP contribution in [-0.4, -0.2) is 42.4 Å². The molecule has 0 saturated heterocycles. The molecule has 1 amide bonds. The van der Waals surface area contributed by atoms with E-state index in [0.717, 1.165) is 21.7 Å². The van der Waals surface area contributed by atoms with Gasteiger partial charge in [0.25, 0.3) is 0 Å². The van der Waals surface area contributed by atoms with Crippen molar-refractivity contribution in [2.24, 2.45) is 10.7 Å². The number of thiophene rings is 1. The highest BCUT2D eigenvalue weighted by Gasteiger charge is 2.27. The number of nitrogens with zero attached hydrogens (tertiary/aromatic N) is 3. The number of hydrogen-bond acceptors (Lipinski definition) is 5. The number of rotatable bonds is 7. The largest absolute Gasteiger partial charge is 0.384 e. The maximum atomic E-state index is 13.2. The van der Waals surface area contributed by atoms with Crippen LogP contribution in [0.25, 0.3) is 11.1 Å². The molecule has 0 fully saturated rings. The summed E-state index contributed by atoms with van der Waals surface area (Å²) in [4.78, 5) is 23.7. The molecule has 1 atom stereocenters. The standard InChI is InChI=1S/C22H25N5OS/c1-24-22(23)27(2)21(28)19(10-12-26-18-9-6-11-25-14-18)20-13-17(15-29-20)16-7-4-3-5-8-16/h3-9,11,13-15,19,26H,10,12H2,1-2H3,(H2,23,24). The zero-order chi connectivity index (χ0) is 20.6. The topological polar surface area (TPSA) is 83.6 Å². The third-order valence-electron chi connectivity index (χ3n) is 4.70. The van der Waals surface area contributed by atoms with Crippen molar-refractivity contribution in [1.29, 1.82) is 0 Å². The molecule has 0 radical (unpaired) electrons. The molecule has 150 valence electrons. The second-order valence-corrected chi connectivity index (χ2v) is 7.54. The summed E-state index contributed by atoms with van der Waals surface area (Å²) < 4.78 is 0. The van der Waals surface area contributed by atoms with Crippen molar-refractivity contribution < 1.29 is 4.79 Å². The van der Waals surface area contributed by atoms with Gasteiger partial charge in [0.15, 0.2) is 5.96 Å². The molecule has 29 heavy (non-hydrogen) atoms. The summed E-state index contributed by atoms with van der Waals surface area (Å²) in [6.45, 7) is 0.637. The third kappa shape index (κ3) is 5.20. The van der Waals surface area contributed by atoms with Crippen LogP contribution in [0.4, 0.5) is 5.69 Å². The molecule has 3 aromatic rings. The molecule has 1 aromatic carbocycles. The van der Waals surface area contributed by atoms with Crippen molar-refractivity contribution >= 4 is 28.9 Å². The lowest BCUT2D eigenvalue weighted by atomic mass is 9.99. The lowest BCUT2D eigenvalue weighted by Crippen LogP contribution is -2.41. The molecule has 6 nitrogen and oxygen atoms in total. The minimum atomic E-state index is -0.313. The number of nitrogens with two attached hydrogens (primary N) is 1. The highest BCUT2D eigenvalue weighted by molar-refractivity contribution is 7.10. The normalized spacial score (nSPS) is 12.4. The van der Waals surface area contributed by atoms with Gasteiger partial charge in [-0.2, -0.15) is 0 Å². The Hall–Kier alpha value is -3.19. The van der Waals surface area contributed by atoms with E-state index in [1.54, 1.807) is 37.8 Å². The second kappa shape index (κ2) is 9.84. The van der Waals surface area contributed by atoms with Gasteiger partial charge in [-0.15, -0.1) is 11.3 Å². The molecule has 0 aliphatic carbocycles. The number of carbonyl (C=O) groups is 1. The van der Waals surface area contributed by atoms with E-state index in [1.807, 2.05) is 30.3 Å². The third-order valence-corrected chi connectivity index (χ3v) is 5.74. The first-order valence-electron chi connectivity index (χ1n) is 9.37. The van der Waals surface area contributed by atoms with Crippen molar-refractivity contribution in [3.8, 4) is 11.1 Å². The summed E-state index contributed by atoms with van der Waals surface area (Å²) in [6, 6.07) is 16.1. The maximum Gasteiger partial charge on any atom is 0.237 e. The number of anilines is 1. The van der Waals surface area contributed by atoms with Crippen LogP contribution in [0, 0.1) is 0 Å². The van der Waals surface area contributed by atoms with Gasteiger partial charge in [0.2, 0.25) is 5.91 Å². The van der Waals surface area contributed by atoms with E-state index in [0.29, 0.717) is 13.0 Å². The van der Waals surface area contributed by atoms with E-state index in [2.05, 4.69) is 38.9 Å². The number of likely N-dealkylation sites (N-methyl/N-ethyl adjacent to an activating group) is 1. The van der Waals surface area contributed by atoms with Gasteiger partial charge in [-0.3, -0.25) is 19.7 Å². The van der Waals surface area contributed by atoms with Gasteiger partial charge in [0.1, 0.15) is 0 Å². The number of aliphatic imine (C=N–C) groups is 1. The monoisotopic (exact) mass is 407 g/mol. The molecule has 0 aliphatic heterocycles. The quantitative estimate of drug-likeness (QED) is 0.461. The van der Waals surface area contributed by atoms with Gasteiger partial charge in [-0.05, 0) is 41.1 Å². The van der Waals surface area contributed by atoms with Crippen LogP contribution >= 0.6 is 11.3 Å². The van der Waals surface area contributed by atoms with Gasteiger partial charge in [0, 0.05) is 37.9 Å². The highest BCUT2D eigenvalue weighted by atomic mass is 32.1. The van der Waals surface area contributed by atoms with Gasteiger partial charge in [-0.1, -0.05) is 30.3 Å². The van der Waals surface area contributed by atoms with Crippen LogP contribution in [0.5, 0.6) is 0 Å². The first-order valence-corrected chi connectivity index (χ1v) is 10.3. The fraction of sp³-hybridized carbons (Fsp3) is 0.227. The SMILES string of the molecule is CN=C(N)N(C)C(=O)C(CCNc1cccnc1)c1cc(-c2ccccc2)cs1. The van der Waals surface area contributed by atoms with Crippen molar-refractivity contribution in [2.45, 2.75) is 12.3 Å². The Labute approximate surface area is 175 Å². The van der Waals surface area contributed by atoms with Crippen LogP contribution in [0.2, 0.25) is 0 Å². The molecule has 0 aliphatic rings. The van der Waals surface area contributed by atoms with Crippen LogP contribution in [0.15, 0.2) is 71.3 Å². The van der Waals surface area contributed by atoms with Crippen LogP contribution < -0.4 is 11.1 Å². The number of nitrogens with one attached hydrogen (secondary N) is 1. The summed E-state index contributed by atoms with van der Waals surface area (Å²) in [5.74, 6) is -0.172. The lowest BCUT2D eigenvalue weighted by molar-refractivity contribution is -0.128. The fourth-order valence-corrected chi connectivity index (χ4v) is 4.07. The molecular weight excluding hydrogens is 382 g/mol. The smallest absolute Gasteiger partial charge is 0.237 e. The summed E-state index contributed by atoms with van der Waals surface area (Å²) in [5, 5.41) is 5.42. The molecule has 2 aromatic heterocycles. The average molecular weight is 408 g/mol. The zero-order valence-electron chi connectivity index (χ0n) is 16.6. The van der Waals surface area contributed by atoms with Crippen molar-refractivity contribution in [3.63, 3.8) is 0 Å². The first-order chi connectivity index (χ1) is 14.1. The number of hydrogen-bond donors (Lipinski definition) is 2. The van der Waals surface area contributed by atoms with Crippen molar-refractivity contribution in [1.82, 2.24) is 9.88 Å². The summed E-state index contributed by atoms with van der Waals surface area (Å²) in [5.41, 5.74) is 9.06. The summed E-state index contributed by atoms with van der Waals surface area (Å²) in [6.07, 6.45) is 4.13. The molecular formula is C22H25N5OS. The summed E-state index contributed by atoms with van der Waals surface area (Å²) >= 11 is 1.60. The molecule has 2 heterocycles. The Morgan fingerprint density at radius 3 is 2.72 bits per heavy atom. The van der Waals surface area contributed by atoms with E-state index in [1.165, 1.54) is 4.90 Å². The molecule has 0 bridgehead atoms. The lowest BCUT2D eigenvalue weighted by Gasteiger charge is -2.22. The Balaban J connectivity index is 1.80. The van der Waals surface area contributed by atoms with Crippen LogP contribution in [0.1, 0.15) is 17.2 Å². The Morgan fingerprint density at radius 1 is 1.24 bits per heavy atom. The van der Waals surface area contributed by atoms with Crippen LogP contribution in [0.3, 0.4) is 0 Å². The van der Waals surface area contributed by atoms with Gasteiger partial charge >= 0.3 is 0 Å². The van der Waals surface area contributed by atoms with Crippen LogP contribution in [-0.2, 0) is 4.79 Å². The predicted molar refractivity (Wildman–Crippen MR) is 120 cm³/mol. The Morgan fingerprint density at radius 2 is 2.03 bits per heavy atom. The number of amides is 1. The zero-order valence-corrected chi connectivity index (χ0v) is 17.4. The minimum Gasteiger partial charge on any atom is -0.384 e. The van der Waals surface area contributed by atoms with Gasteiger partial charge in [0.05, 0.1) is 11.6 Å². The Bertz CT molecular complexity index is 956. The number of aromatic nitrogens is 1. The minimum absolute atomic E-state index is 0.0671. The average Bonchev–Trinajstić information content (AvgIpc) is 3.26. The van der Waals surface area contributed by atoms with E-state index >= 15 is 0 Å². The van der Waals surface area contributed by atoms with E-state index in [9.17, 15) is 4.79 Å². The molecule has 0 saturated carbocycles. The van der Waals surface area contributed by atoms with Gasteiger partial charge in [-0.25, -0.2) is 0 Å². The highest BCUT2D eigenvalue weighted by Crippen LogP contribution is 2.33. The van der Waals surface area contributed by atoms with Crippen molar-refractivity contribution in [3.05, 3.63) is 71.2 Å². The number of carbonyl (C=O) groups excluding carboxylic acids is 1. The number of guanidine groups is 1. The molecule has 3 rings (SSSR count). The molecule has 7 heteroatoms. The fourth-order valence-electron chi connectivity index (χ4n) is 3.03. The van der Waals surface area contributed by atoms with E-state index in [4.69, 9.17) is 5.73 Å². The molecule has 0 spiro atoms. The first kappa shape index (κ1) is 20.5. The number of benzene rings is 1. The number of pyridine rings is 1. The predicted octanol–water partition coefficient (Wildman–Crippen LogP) is 3.80. The molecule has 3 N–H and O–H groups in total. The van der Waals surface area contributed by atoms with Crippen molar-refractivity contribution in [2.75, 3.05) is 26.0 Å². The second-order valence-electron chi connectivity index (χ2n) is 6.59. The molecule has 1 unspecified atom stereocenters.